The van der Waals surface area contributed by atoms with Crippen molar-refractivity contribution in [3.63, 3.8) is 0 Å². The number of aliphatic hydroxyl groups is 1. The average molecular weight is 200 g/mol. The van der Waals surface area contributed by atoms with Gasteiger partial charge in [0.25, 0.3) is 0 Å². The number of carbonyl (C=O) groups excluding carboxylic acids is 1. The first-order valence-corrected chi connectivity index (χ1v) is 5.44. The van der Waals surface area contributed by atoms with Gasteiger partial charge in [-0.05, 0) is 12.8 Å². The Bertz CT molecular complexity index is 168. The van der Waals surface area contributed by atoms with E-state index in [0.717, 1.165) is 19.4 Å². The van der Waals surface area contributed by atoms with E-state index in [1.165, 1.54) is 12.8 Å². The summed E-state index contributed by atoms with van der Waals surface area (Å²) in [7, 11) is 0. The lowest BCUT2D eigenvalue weighted by Gasteiger charge is -2.10. The Kier molecular flexibility index (Phi) is 5.56. The summed E-state index contributed by atoms with van der Waals surface area (Å²) in [6.07, 6.45) is 4.49. The van der Waals surface area contributed by atoms with E-state index in [9.17, 15) is 4.79 Å². The maximum atomic E-state index is 11.5. The number of rotatable bonds is 6. The van der Waals surface area contributed by atoms with Gasteiger partial charge in [0.2, 0.25) is 5.91 Å². The van der Waals surface area contributed by atoms with Gasteiger partial charge in [-0.3, -0.25) is 4.79 Å². The predicted molar refractivity (Wildman–Crippen MR) is 54.9 cm³/mol. The third-order valence-electron chi connectivity index (χ3n) is 2.62. The molecule has 0 saturated heterocycles. The van der Waals surface area contributed by atoms with Crippen LogP contribution in [0.3, 0.4) is 0 Å². The number of aliphatic hydroxyl groups excluding tert-OH is 1. The van der Waals surface area contributed by atoms with E-state index in [-0.39, 0.29) is 18.4 Å². The zero-order chi connectivity index (χ0) is 10.2. The maximum absolute atomic E-state index is 11.5. The summed E-state index contributed by atoms with van der Waals surface area (Å²) in [5.41, 5.74) is 0. The molecule has 4 heteroatoms. The van der Waals surface area contributed by atoms with Crippen LogP contribution in [0.15, 0.2) is 0 Å². The van der Waals surface area contributed by atoms with Crippen LogP contribution in [0.1, 0.15) is 25.7 Å². The molecule has 1 fully saturated rings. The van der Waals surface area contributed by atoms with Gasteiger partial charge in [0.15, 0.2) is 0 Å². The molecule has 0 unspecified atom stereocenters. The molecule has 3 N–H and O–H groups in total. The number of nitrogens with one attached hydrogen (secondary N) is 2. The second-order valence-electron chi connectivity index (χ2n) is 3.75. The van der Waals surface area contributed by atoms with Gasteiger partial charge in [0, 0.05) is 25.6 Å². The summed E-state index contributed by atoms with van der Waals surface area (Å²) >= 11 is 0. The van der Waals surface area contributed by atoms with Crippen LogP contribution in [0.2, 0.25) is 0 Å². The predicted octanol–water partition coefficient (Wildman–Crippen LogP) is -0.125. The van der Waals surface area contributed by atoms with E-state index < -0.39 is 0 Å². The topological polar surface area (TPSA) is 61.4 Å². The van der Waals surface area contributed by atoms with Crippen molar-refractivity contribution in [3.05, 3.63) is 0 Å². The number of hydrogen-bond donors (Lipinski definition) is 3. The molecule has 0 aromatic carbocycles. The van der Waals surface area contributed by atoms with Crippen molar-refractivity contribution >= 4 is 5.91 Å². The summed E-state index contributed by atoms with van der Waals surface area (Å²) in [4.78, 5) is 11.5. The first-order chi connectivity index (χ1) is 6.84. The van der Waals surface area contributed by atoms with Crippen molar-refractivity contribution in [2.24, 2.45) is 5.92 Å². The SMILES string of the molecule is O=C(NCCNCCO)C1CCCC1. The minimum atomic E-state index is 0.149. The molecule has 1 amide bonds. The molecular weight excluding hydrogens is 180 g/mol. The molecule has 0 aromatic rings. The van der Waals surface area contributed by atoms with Crippen molar-refractivity contribution in [2.45, 2.75) is 25.7 Å². The van der Waals surface area contributed by atoms with Crippen molar-refractivity contribution in [3.8, 4) is 0 Å². The second kappa shape index (κ2) is 6.79. The highest BCUT2D eigenvalue weighted by molar-refractivity contribution is 5.78. The van der Waals surface area contributed by atoms with Crippen LogP contribution in [0.5, 0.6) is 0 Å². The highest BCUT2D eigenvalue weighted by Gasteiger charge is 2.21. The summed E-state index contributed by atoms with van der Waals surface area (Å²) < 4.78 is 0. The Morgan fingerprint density at radius 3 is 2.57 bits per heavy atom. The number of amides is 1. The van der Waals surface area contributed by atoms with Crippen molar-refractivity contribution in [2.75, 3.05) is 26.2 Å². The summed E-state index contributed by atoms with van der Waals surface area (Å²) in [6, 6.07) is 0. The minimum absolute atomic E-state index is 0.149. The van der Waals surface area contributed by atoms with E-state index in [4.69, 9.17) is 5.11 Å². The molecule has 0 atom stereocenters. The van der Waals surface area contributed by atoms with E-state index in [1.807, 2.05) is 0 Å². The zero-order valence-corrected chi connectivity index (χ0v) is 8.59. The lowest BCUT2D eigenvalue weighted by Crippen LogP contribution is -2.35. The molecule has 1 aliphatic carbocycles. The van der Waals surface area contributed by atoms with Gasteiger partial charge >= 0.3 is 0 Å². The molecule has 0 heterocycles. The molecule has 1 aliphatic rings. The first-order valence-electron chi connectivity index (χ1n) is 5.44. The van der Waals surface area contributed by atoms with Crippen molar-refractivity contribution < 1.29 is 9.90 Å². The van der Waals surface area contributed by atoms with E-state index in [0.29, 0.717) is 13.1 Å². The molecule has 14 heavy (non-hydrogen) atoms. The Balaban J connectivity index is 1.97. The molecule has 0 bridgehead atoms. The standard InChI is InChI=1S/C10H20N2O2/c13-8-7-11-5-6-12-10(14)9-3-1-2-4-9/h9,11,13H,1-8H2,(H,12,14). The minimum Gasteiger partial charge on any atom is -0.395 e. The van der Waals surface area contributed by atoms with Gasteiger partial charge in [0.1, 0.15) is 0 Å². The van der Waals surface area contributed by atoms with Crippen molar-refractivity contribution in [1.82, 2.24) is 10.6 Å². The van der Waals surface area contributed by atoms with Crippen LogP contribution < -0.4 is 10.6 Å². The normalized spacial score (nSPS) is 17.2. The van der Waals surface area contributed by atoms with Gasteiger partial charge in [-0.25, -0.2) is 0 Å². The number of hydrogen-bond acceptors (Lipinski definition) is 3. The Labute approximate surface area is 85.1 Å². The Hall–Kier alpha value is -0.610. The quantitative estimate of drug-likeness (QED) is 0.524. The highest BCUT2D eigenvalue weighted by Crippen LogP contribution is 2.24. The van der Waals surface area contributed by atoms with Crippen LogP contribution in [0.4, 0.5) is 0 Å². The molecule has 0 aliphatic heterocycles. The molecule has 1 rings (SSSR count). The van der Waals surface area contributed by atoms with E-state index in [1.54, 1.807) is 0 Å². The Morgan fingerprint density at radius 2 is 1.93 bits per heavy atom. The van der Waals surface area contributed by atoms with Crippen LogP contribution >= 0.6 is 0 Å². The largest absolute Gasteiger partial charge is 0.395 e. The molecular formula is C10H20N2O2. The highest BCUT2D eigenvalue weighted by atomic mass is 16.3. The fraction of sp³-hybridized carbons (Fsp3) is 0.900. The smallest absolute Gasteiger partial charge is 0.223 e. The number of carbonyl (C=O) groups is 1. The zero-order valence-electron chi connectivity index (χ0n) is 8.59. The van der Waals surface area contributed by atoms with Gasteiger partial charge in [-0.1, -0.05) is 12.8 Å². The fourth-order valence-corrected chi connectivity index (χ4v) is 1.81. The molecule has 4 nitrogen and oxygen atoms in total. The molecule has 0 radical (unpaired) electrons. The third-order valence-corrected chi connectivity index (χ3v) is 2.62. The first kappa shape index (κ1) is 11.5. The lowest BCUT2D eigenvalue weighted by atomic mass is 10.1. The summed E-state index contributed by atoms with van der Waals surface area (Å²) in [5.74, 6) is 0.459. The fourth-order valence-electron chi connectivity index (χ4n) is 1.81. The van der Waals surface area contributed by atoms with Gasteiger partial charge in [-0.2, -0.15) is 0 Å². The average Bonchev–Trinajstić information content (AvgIpc) is 2.70. The maximum Gasteiger partial charge on any atom is 0.223 e. The lowest BCUT2D eigenvalue weighted by molar-refractivity contribution is -0.124. The van der Waals surface area contributed by atoms with E-state index in [2.05, 4.69) is 10.6 Å². The monoisotopic (exact) mass is 200 g/mol. The van der Waals surface area contributed by atoms with Crippen LogP contribution in [-0.4, -0.2) is 37.3 Å². The second-order valence-corrected chi connectivity index (χ2v) is 3.75. The summed E-state index contributed by atoms with van der Waals surface area (Å²) in [5, 5.41) is 14.4. The van der Waals surface area contributed by atoms with Gasteiger partial charge in [0.05, 0.1) is 6.61 Å². The van der Waals surface area contributed by atoms with Crippen molar-refractivity contribution in [1.29, 1.82) is 0 Å². The molecule has 1 saturated carbocycles. The molecule has 0 aromatic heterocycles. The molecule has 82 valence electrons. The van der Waals surface area contributed by atoms with E-state index >= 15 is 0 Å². The Morgan fingerprint density at radius 1 is 1.21 bits per heavy atom. The molecule has 0 spiro atoms. The summed E-state index contributed by atoms with van der Waals surface area (Å²) in [6.45, 7) is 2.14. The van der Waals surface area contributed by atoms with Crippen LogP contribution in [0.25, 0.3) is 0 Å². The van der Waals surface area contributed by atoms with Gasteiger partial charge < -0.3 is 15.7 Å². The van der Waals surface area contributed by atoms with Crippen LogP contribution in [0, 0.1) is 5.92 Å². The van der Waals surface area contributed by atoms with Gasteiger partial charge in [-0.15, -0.1) is 0 Å². The third kappa shape index (κ3) is 4.07. The van der Waals surface area contributed by atoms with Crippen LogP contribution in [-0.2, 0) is 4.79 Å².